The minimum absolute atomic E-state index is 1.54. The van der Waals surface area contributed by atoms with Crippen LogP contribution < -0.4 is 0 Å². The van der Waals surface area contributed by atoms with Gasteiger partial charge in [-0.2, -0.15) is 0 Å². The van der Waals surface area contributed by atoms with Gasteiger partial charge in [-0.3, -0.25) is 0 Å². The molecule has 0 aromatic heterocycles. The van der Waals surface area contributed by atoms with Crippen molar-refractivity contribution in [3.63, 3.8) is 0 Å². The summed E-state index contributed by atoms with van der Waals surface area (Å²) in [4.78, 5) is 8.25. The Morgan fingerprint density at radius 3 is 1.50 bits per heavy atom. The average Bonchev–Trinajstić information content (AvgIpc) is 1.25. The fraction of sp³-hybridized carbons (Fsp3) is 0. The predicted molar refractivity (Wildman–Crippen MR) is 20.6 cm³/mol. The summed E-state index contributed by atoms with van der Waals surface area (Å²) in [6, 6.07) is -1.54. The summed E-state index contributed by atoms with van der Waals surface area (Å²) in [5.74, 6) is 0. The summed E-state index contributed by atoms with van der Waals surface area (Å²) in [5, 5.41) is 29.6. The molecule has 0 aliphatic rings. The van der Waals surface area contributed by atoms with E-state index in [0.717, 1.165) is 0 Å². The molecule has 0 heterocycles. The summed E-state index contributed by atoms with van der Waals surface area (Å²) in [6.45, 7) is 0. The molecule has 0 unspecified atom stereocenters. The topological polar surface area (TPSA) is 107 Å². The van der Waals surface area contributed by atoms with Gasteiger partial charge in [-0.05, 0) is 0 Å². The van der Waals surface area contributed by atoms with E-state index in [4.69, 9.17) is 25.4 Å². The van der Waals surface area contributed by atoms with Gasteiger partial charge in [0.05, 0.1) is 5.09 Å². The van der Waals surface area contributed by atoms with Crippen LogP contribution in [0, 0.1) is 15.3 Å². The van der Waals surface area contributed by atoms with Crippen LogP contribution in [0.2, 0.25) is 0 Å². The van der Waals surface area contributed by atoms with Crippen LogP contribution in [-0.2, 0) is 15.3 Å². The molecule has 8 heteroatoms. The molecule has 6 nitrogen and oxygen atoms in total. The van der Waals surface area contributed by atoms with Gasteiger partial charge in [-0.25, -0.2) is 0 Å². The van der Waals surface area contributed by atoms with Gasteiger partial charge >= 0.3 is 31.4 Å². The molecule has 0 aliphatic heterocycles. The van der Waals surface area contributed by atoms with E-state index < -0.39 is 11.1 Å². The molecule has 0 amide bonds. The average molecular weight is 166 g/mol. The van der Waals surface area contributed by atoms with Gasteiger partial charge in [0.15, 0.2) is 0 Å². The maximum atomic E-state index is 8.25. The first-order chi connectivity index (χ1) is 3.46. The predicted octanol–water partition coefficient (Wildman–Crippen LogP) is -1.74. The van der Waals surface area contributed by atoms with E-state index in [1.165, 1.54) is 0 Å². The van der Waals surface area contributed by atoms with Crippen LogP contribution in [0.25, 0.3) is 0 Å². The van der Waals surface area contributed by atoms with E-state index in [0.29, 0.717) is 0 Å². The third-order valence-electron chi connectivity index (χ3n) is 0. The van der Waals surface area contributed by atoms with Gasteiger partial charge in [0, 0.05) is 0 Å². The zero-order chi connectivity index (χ0) is 7.15. The zero-order valence-corrected chi connectivity index (χ0v) is 4.45. The van der Waals surface area contributed by atoms with Crippen molar-refractivity contribution in [2.45, 2.75) is 0 Å². The van der Waals surface area contributed by atoms with Crippen LogP contribution in [0.5, 0.6) is 0 Å². The molecule has 0 atom stereocenters. The van der Waals surface area contributed by atoms with E-state index in [9.17, 15) is 0 Å². The van der Waals surface area contributed by atoms with E-state index in [-0.39, 0.29) is 0 Å². The first-order valence-electron chi connectivity index (χ1n) is 1.25. The Kier molecular flexibility index (Phi) is 8.87. The first kappa shape index (κ1) is 10.6. The van der Waals surface area contributed by atoms with Crippen molar-refractivity contribution in [2.75, 3.05) is 0 Å². The molecular weight excluding hydrogens is 164 g/mol. The van der Waals surface area contributed by atoms with Gasteiger partial charge in [-0.1, -0.05) is 0 Å². The normalized spacial score (nSPS) is 6.50. The van der Waals surface area contributed by atoms with Crippen LogP contribution in [0.3, 0.4) is 0 Å². The summed E-state index contributed by atoms with van der Waals surface area (Å²) < 4.78 is 0. The second kappa shape index (κ2) is 6.68. The van der Waals surface area contributed by atoms with E-state index in [2.05, 4.69) is 15.3 Å². The van der Waals surface area contributed by atoms with Crippen molar-refractivity contribution >= 4 is 6.01 Å². The molecule has 50 valence electrons. The molecule has 0 aliphatic carbocycles. The molecule has 0 saturated heterocycles. The monoisotopic (exact) mass is 165 g/mol. The fourth-order valence-electron chi connectivity index (χ4n) is 0. The maximum absolute atomic E-state index is 8.25. The third kappa shape index (κ3) is 1200. The van der Waals surface area contributed by atoms with Crippen molar-refractivity contribution < 1.29 is 30.4 Å². The molecular formula is H2BNNiO5. The Labute approximate surface area is 52.6 Å². The van der Waals surface area contributed by atoms with Crippen LogP contribution in [0.1, 0.15) is 0 Å². The Balaban J connectivity index is 0. The molecule has 0 rings (SSSR count). The number of rotatable bonds is 0. The summed E-state index contributed by atoms with van der Waals surface area (Å²) >= 11 is 3.49. The quantitative estimate of drug-likeness (QED) is 0.252. The molecule has 0 saturated carbocycles. The Morgan fingerprint density at radius 1 is 1.50 bits per heavy atom. The Bertz CT molecular complexity index is 56.7. The van der Waals surface area contributed by atoms with Crippen molar-refractivity contribution in [1.82, 2.24) is 0 Å². The Morgan fingerprint density at radius 2 is 1.50 bits per heavy atom. The van der Waals surface area contributed by atoms with Crippen LogP contribution in [0.15, 0.2) is 0 Å². The number of hydrogen-bond donors (Lipinski definition) is 2. The third-order valence-corrected chi connectivity index (χ3v) is 0. The van der Waals surface area contributed by atoms with Crippen LogP contribution in [-0.4, -0.2) is 21.1 Å². The van der Waals surface area contributed by atoms with Crippen molar-refractivity contribution in [2.24, 2.45) is 0 Å². The van der Waals surface area contributed by atoms with Crippen molar-refractivity contribution in [3.8, 4) is 0 Å². The molecule has 8 heavy (non-hydrogen) atoms. The van der Waals surface area contributed by atoms with Gasteiger partial charge < -0.3 is 15.3 Å². The van der Waals surface area contributed by atoms with Crippen LogP contribution >= 0.6 is 0 Å². The second-order valence-electron chi connectivity index (χ2n) is 0.502. The number of nitrogens with zero attached hydrogens (tertiary/aromatic N) is 1. The summed E-state index contributed by atoms with van der Waals surface area (Å²) in [5.41, 5.74) is 0. The minimum atomic E-state index is -1.75. The van der Waals surface area contributed by atoms with E-state index >= 15 is 0 Å². The molecule has 0 bridgehead atoms. The van der Waals surface area contributed by atoms with E-state index in [1.807, 2.05) is 0 Å². The second-order valence-corrected chi connectivity index (χ2v) is 1.01. The number of hydrogen-bond acceptors (Lipinski definition) is 5. The SMILES string of the molecule is O=[N+]([O-])[O-].O[B](O)[Ni+]. The van der Waals surface area contributed by atoms with Crippen LogP contribution in [0.4, 0.5) is 0 Å². The standard InChI is InChI=1S/BH2O2.NO3.Ni/c2-1-3;2-1(3)4;/h2-3H;;/q+1;-1;. The van der Waals surface area contributed by atoms with Crippen molar-refractivity contribution in [1.29, 1.82) is 0 Å². The molecule has 0 aromatic carbocycles. The van der Waals surface area contributed by atoms with Gasteiger partial charge in [-0.15, -0.1) is 0 Å². The van der Waals surface area contributed by atoms with E-state index in [1.54, 1.807) is 0 Å². The molecule has 0 spiro atoms. The summed E-state index contributed by atoms with van der Waals surface area (Å²) in [6.07, 6.45) is 0. The molecule has 0 radical (unpaired) electrons. The molecule has 2 N–H and O–H groups in total. The van der Waals surface area contributed by atoms with Crippen molar-refractivity contribution in [3.05, 3.63) is 15.3 Å². The fourth-order valence-corrected chi connectivity index (χ4v) is 0. The Hall–Kier alpha value is -0.322. The summed E-state index contributed by atoms with van der Waals surface area (Å²) in [7, 11) is 0. The molecule has 0 fully saturated rings. The zero-order valence-electron chi connectivity index (χ0n) is 3.46. The van der Waals surface area contributed by atoms with Gasteiger partial charge in [0.2, 0.25) is 0 Å². The van der Waals surface area contributed by atoms with Gasteiger partial charge in [0.1, 0.15) is 0 Å². The van der Waals surface area contributed by atoms with Gasteiger partial charge in [0.25, 0.3) is 0 Å². The molecule has 0 aromatic rings. The first-order valence-corrected chi connectivity index (χ1v) is 1.82.